The number of nitrogens with one attached hydrogen (secondary N) is 1. The van der Waals surface area contributed by atoms with Gasteiger partial charge in [0.25, 0.3) is 0 Å². The second-order valence-corrected chi connectivity index (χ2v) is 8.99. The van der Waals surface area contributed by atoms with Crippen LogP contribution in [-0.2, 0) is 27.4 Å². The maximum Gasteiger partial charge on any atom is 0.230 e. The summed E-state index contributed by atoms with van der Waals surface area (Å²) in [5.41, 5.74) is 0.540. The lowest BCUT2D eigenvalue weighted by molar-refractivity contribution is -0.139. The molecule has 2 amide bonds. The second-order valence-electron chi connectivity index (χ2n) is 8.55. The molecular weight excluding hydrogens is 400 g/mol. The molecule has 2 bridgehead atoms. The third kappa shape index (κ3) is 3.04. The van der Waals surface area contributed by atoms with Crippen molar-refractivity contribution in [1.29, 1.82) is 0 Å². The number of hydrogen-bond donors (Lipinski definition) is 1. The van der Waals surface area contributed by atoms with E-state index >= 15 is 0 Å². The van der Waals surface area contributed by atoms with Gasteiger partial charge in [-0.05, 0) is 30.2 Å². The molecule has 4 atom stereocenters. The number of nitrogens with zero attached hydrogens (tertiary/aromatic N) is 1. The minimum absolute atomic E-state index is 0.0152. The first kappa shape index (κ1) is 19.3. The Morgan fingerprint density at radius 2 is 1.87 bits per heavy atom. The number of carbonyl (C=O) groups is 2. The molecule has 0 aromatic heterocycles. The van der Waals surface area contributed by atoms with Gasteiger partial charge in [-0.2, -0.15) is 0 Å². The van der Waals surface area contributed by atoms with Crippen LogP contribution in [0.5, 0.6) is 0 Å². The molecule has 30 heavy (non-hydrogen) atoms. The Balaban J connectivity index is 1.35. The van der Waals surface area contributed by atoms with Crippen LogP contribution < -0.4 is 5.32 Å². The van der Waals surface area contributed by atoms with E-state index in [1.165, 1.54) is 0 Å². The first-order valence-electron chi connectivity index (χ1n) is 10.2. The Hall–Kier alpha value is -2.63. The highest BCUT2D eigenvalue weighted by Gasteiger charge is 2.71. The lowest BCUT2D eigenvalue weighted by atomic mass is 9.72. The third-order valence-electron chi connectivity index (χ3n) is 6.48. The molecule has 3 aliphatic rings. The zero-order chi connectivity index (χ0) is 20.9. The van der Waals surface area contributed by atoms with Crippen LogP contribution in [0.4, 0.5) is 0 Å². The fraction of sp³-hybridized carbons (Fsp3) is 0.333. The van der Waals surface area contributed by atoms with Crippen LogP contribution in [0.15, 0.2) is 66.7 Å². The standard InChI is InChI=1S/C24H23ClN2O3/c1-23-11-12-24(30-23)15-27(14-17-5-3-2-4-6-17)22(29)20(24)19(23)21(28)26-13-16-7-9-18(25)10-8-16/h2-12,19-20H,13-15H2,1H3,(H,26,28). The van der Waals surface area contributed by atoms with Crippen LogP contribution >= 0.6 is 11.6 Å². The quantitative estimate of drug-likeness (QED) is 0.752. The molecule has 3 heterocycles. The number of benzene rings is 2. The van der Waals surface area contributed by atoms with Gasteiger partial charge < -0.3 is 15.0 Å². The van der Waals surface area contributed by atoms with Gasteiger partial charge in [0.05, 0.1) is 24.0 Å². The summed E-state index contributed by atoms with van der Waals surface area (Å²) in [4.78, 5) is 28.4. The van der Waals surface area contributed by atoms with Crippen LogP contribution in [0.2, 0.25) is 5.02 Å². The molecule has 5 nitrogen and oxygen atoms in total. The number of rotatable bonds is 5. The van der Waals surface area contributed by atoms with Crippen molar-refractivity contribution in [3.8, 4) is 0 Å². The van der Waals surface area contributed by atoms with Gasteiger partial charge in [-0.15, -0.1) is 0 Å². The first-order valence-corrected chi connectivity index (χ1v) is 10.5. The first-order chi connectivity index (χ1) is 14.4. The van der Waals surface area contributed by atoms with Crippen molar-refractivity contribution in [3.63, 3.8) is 0 Å². The molecule has 2 fully saturated rings. The Morgan fingerprint density at radius 3 is 2.60 bits per heavy atom. The number of fused-ring (bicyclic) bond motifs is 1. The highest BCUT2D eigenvalue weighted by molar-refractivity contribution is 6.30. The zero-order valence-corrected chi connectivity index (χ0v) is 17.4. The monoisotopic (exact) mass is 422 g/mol. The van der Waals surface area contributed by atoms with Gasteiger partial charge in [-0.3, -0.25) is 9.59 Å². The van der Waals surface area contributed by atoms with Crippen molar-refractivity contribution in [3.05, 3.63) is 82.9 Å². The van der Waals surface area contributed by atoms with Crippen molar-refractivity contribution >= 4 is 23.4 Å². The summed E-state index contributed by atoms with van der Waals surface area (Å²) >= 11 is 5.93. The summed E-state index contributed by atoms with van der Waals surface area (Å²) in [5, 5.41) is 3.65. The van der Waals surface area contributed by atoms with Crippen LogP contribution in [0.25, 0.3) is 0 Å². The summed E-state index contributed by atoms with van der Waals surface area (Å²) in [6.07, 6.45) is 3.94. The van der Waals surface area contributed by atoms with E-state index < -0.39 is 23.0 Å². The Morgan fingerprint density at radius 1 is 1.13 bits per heavy atom. The lowest BCUT2D eigenvalue weighted by Gasteiger charge is -2.29. The average molecular weight is 423 g/mol. The molecule has 0 saturated carbocycles. The van der Waals surface area contributed by atoms with Gasteiger partial charge in [0.2, 0.25) is 11.8 Å². The summed E-state index contributed by atoms with van der Waals surface area (Å²) < 4.78 is 6.36. The predicted octanol–water partition coefficient (Wildman–Crippen LogP) is 3.33. The van der Waals surface area contributed by atoms with Gasteiger partial charge in [0, 0.05) is 18.1 Å². The fourth-order valence-electron chi connectivity index (χ4n) is 5.09. The zero-order valence-electron chi connectivity index (χ0n) is 16.7. The van der Waals surface area contributed by atoms with Crippen LogP contribution in [0.3, 0.4) is 0 Å². The molecule has 2 aromatic carbocycles. The van der Waals surface area contributed by atoms with E-state index in [9.17, 15) is 9.59 Å². The molecule has 2 aromatic rings. The number of carbonyl (C=O) groups excluding carboxylic acids is 2. The number of ether oxygens (including phenoxy) is 1. The molecule has 5 rings (SSSR count). The molecule has 1 spiro atoms. The topological polar surface area (TPSA) is 58.6 Å². The van der Waals surface area contributed by atoms with Gasteiger partial charge in [-0.25, -0.2) is 0 Å². The summed E-state index contributed by atoms with van der Waals surface area (Å²) in [5.74, 6) is -1.22. The van der Waals surface area contributed by atoms with Crippen molar-refractivity contribution in [2.45, 2.75) is 31.2 Å². The lowest BCUT2D eigenvalue weighted by Crippen LogP contribution is -2.47. The highest BCUT2D eigenvalue weighted by Crippen LogP contribution is 2.57. The Bertz CT molecular complexity index is 1020. The van der Waals surface area contributed by atoms with E-state index in [-0.39, 0.29) is 11.8 Å². The van der Waals surface area contributed by atoms with Crippen molar-refractivity contribution in [1.82, 2.24) is 10.2 Å². The van der Waals surface area contributed by atoms with Crippen molar-refractivity contribution in [2.24, 2.45) is 11.8 Å². The second kappa shape index (κ2) is 6.96. The Labute approximate surface area is 180 Å². The number of hydrogen-bond acceptors (Lipinski definition) is 3. The predicted molar refractivity (Wildman–Crippen MR) is 113 cm³/mol. The molecule has 0 radical (unpaired) electrons. The van der Waals surface area contributed by atoms with E-state index in [2.05, 4.69) is 5.32 Å². The van der Waals surface area contributed by atoms with Gasteiger partial charge in [0.15, 0.2) is 0 Å². The summed E-state index contributed by atoms with van der Waals surface area (Å²) in [6.45, 7) is 3.27. The normalized spacial score (nSPS) is 31.3. The molecule has 0 aliphatic carbocycles. The number of likely N-dealkylation sites (tertiary alicyclic amines) is 1. The van der Waals surface area contributed by atoms with Crippen molar-refractivity contribution in [2.75, 3.05) is 6.54 Å². The minimum Gasteiger partial charge on any atom is -0.357 e. The number of amides is 2. The van der Waals surface area contributed by atoms with Crippen LogP contribution in [0.1, 0.15) is 18.1 Å². The maximum absolute atomic E-state index is 13.4. The smallest absolute Gasteiger partial charge is 0.230 e. The van der Waals surface area contributed by atoms with E-state index in [0.29, 0.717) is 24.7 Å². The molecule has 154 valence electrons. The summed E-state index contributed by atoms with van der Waals surface area (Å²) in [6, 6.07) is 17.2. The fourth-order valence-corrected chi connectivity index (χ4v) is 5.22. The van der Waals surface area contributed by atoms with Crippen molar-refractivity contribution < 1.29 is 14.3 Å². The largest absolute Gasteiger partial charge is 0.357 e. The van der Waals surface area contributed by atoms with E-state index in [4.69, 9.17) is 16.3 Å². The van der Waals surface area contributed by atoms with E-state index in [1.54, 1.807) is 12.1 Å². The van der Waals surface area contributed by atoms with Gasteiger partial charge >= 0.3 is 0 Å². The van der Waals surface area contributed by atoms with Crippen LogP contribution in [-0.4, -0.2) is 34.5 Å². The van der Waals surface area contributed by atoms with E-state index in [1.807, 2.05) is 66.4 Å². The van der Waals surface area contributed by atoms with E-state index in [0.717, 1.165) is 11.1 Å². The molecule has 1 N–H and O–H groups in total. The molecule has 3 aliphatic heterocycles. The number of halogens is 1. The SMILES string of the molecule is CC12C=CC3(CN(Cc4ccccc4)C(=O)C3C1C(=O)NCc1ccc(Cl)cc1)O2. The molecular formula is C24H23ClN2O3. The highest BCUT2D eigenvalue weighted by atomic mass is 35.5. The minimum atomic E-state index is -0.761. The molecule has 6 heteroatoms. The van der Waals surface area contributed by atoms with Crippen LogP contribution in [0, 0.1) is 11.8 Å². The van der Waals surface area contributed by atoms with Gasteiger partial charge in [0.1, 0.15) is 5.60 Å². The average Bonchev–Trinajstić information content (AvgIpc) is 3.30. The maximum atomic E-state index is 13.4. The summed E-state index contributed by atoms with van der Waals surface area (Å²) in [7, 11) is 0. The third-order valence-corrected chi connectivity index (χ3v) is 6.73. The van der Waals surface area contributed by atoms with Gasteiger partial charge in [-0.1, -0.05) is 66.2 Å². The Kier molecular flexibility index (Phi) is 4.49. The molecule has 2 saturated heterocycles. The molecule has 4 unspecified atom stereocenters.